The molecule has 8 heteroatoms. The van der Waals surface area contributed by atoms with Crippen molar-refractivity contribution < 1.29 is 4.39 Å². The van der Waals surface area contributed by atoms with Gasteiger partial charge < -0.3 is 14.7 Å². The van der Waals surface area contributed by atoms with Crippen molar-refractivity contribution in [1.29, 1.82) is 0 Å². The number of rotatable bonds is 5. The lowest BCUT2D eigenvalue weighted by molar-refractivity contribution is 0.249. The zero-order valence-corrected chi connectivity index (χ0v) is 22.5. The molecule has 0 saturated carbocycles. The van der Waals surface area contributed by atoms with Gasteiger partial charge in [-0.1, -0.05) is 35.3 Å². The molecular weight excluding hydrogens is 496 g/mol. The molecule has 2 aliphatic heterocycles. The van der Waals surface area contributed by atoms with Gasteiger partial charge >= 0.3 is 0 Å². The van der Waals surface area contributed by atoms with E-state index in [-0.39, 0.29) is 11.1 Å². The second kappa shape index (κ2) is 10.5. The molecule has 0 aliphatic carbocycles. The Labute approximate surface area is 222 Å². The zero-order valence-electron chi connectivity index (χ0n) is 21.0. The van der Waals surface area contributed by atoms with Gasteiger partial charge in [0.15, 0.2) is 0 Å². The maximum Gasteiger partial charge on any atom is 0.142 e. The van der Waals surface area contributed by atoms with E-state index in [1.807, 2.05) is 6.92 Å². The average Bonchev–Trinajstić information content (AvgIpc) is 2.90. The smallest absolute Gasteiger partial charge is 0.142 e. The van der Waals surface area contributed by atoms with Crippen LogP contribution in [0.15, 0.2) is 42.5 Å². The summed E-state index contributed by atoms with van der Waals surface area (Å²) in [6.45, 7) is 4.96. The summed E-state index contributed by atoms with van der Waals surface area (Å²) in [5.74, 6) is -0.459. The summed E-state index contributed by atoms with van der Waals surface area (Å²) in [6, 6.07) is 14.0. The molecule has 0 bridgehead atoms. The second-order valence-corrected chi connectivity index (χ2v) is 10.8. The fourth-order valence-corrected chi connectivity index (χ4v) is 6.17. The summed E-state index contributed by atoms with van der Waals surface area (Å²) in [5, 5.41) is 9.66. The molecule has 36 heavy (non-hydrogen) atoms. The molecule has 0 radical (unpaired) electrons. The molecule has 2 aromatic carbocycles. The molecule has 0 spiro atoms. The summed E-state index contributed by atoms with van der Waals surface area (Å²) < 4.78 is 14.3. The lowest BCUT2D eigenvalue weighted by atomic mass is 9.99. The number of aryl methyl sites for hydroxylation is 1. The van der Waals surface area contributed by atoms with Gasteiger partial charge in [0.25, 0.3) is 0 Å². The van der Waals surface area contributed by atoms with E-state index in [1.54, 1.807) is 6.07 Å². The number of nitrogens with zero attached hydrogens (tertiary/aromatic N) is 5. The molecule has 5 rings (SSSR count). The normalized spacial score (nSPS) is 17.4. The minimum Gasteiger partial charge on any atom is -0.371 e. The van der Waals surface area contributed by atoms with E-state index in [9.17, 15) is 4.39 Å². The summed E-state index contributed by atoms with van der Waals surface area (Å²) >= 11 is 12.8. The maximum atomic E-state index is 14.3. The Kier molecular flexibility index (Phi) is 7.38. The third-order valence-corrected chi connectivity index (χ3v) is 8.37. The summed E-state index contributed by atoms with van der Waals surface area (Å²) in [7, 11) is 4.33. The van der Waals surface area contributed by atoms with Crippen LogP contribution in [0.3, 0.4) is 0 Å². The topological polar surface area (TPSA) is 35.5 Å². The Balaban J connectivity index is 1.39. The first-order valence-corrected chi connectivity index (χ1v) is 13.4. The van der Waals surface area contributed by atoms with Gasteiger partial charge in [0, 0.05) is 47.5 Å². The van der Waals surface area contributed by atoms with Crippen LogP contribution in [0.25, 0.3) is 11.3 Å². The van der Waals surface area contributed by atoms with Crippen LogP contribution < -0.4 is 9.80 Å². The van der Waals surface area contributed by atoms with Gasteiger partial charge in [0.2, 0.25) is 0 Å². The van der Waals surface area contributed by atoms with Crippen molar-refractivity contribution in [2.24, 2.45) is 0 Å². The van der Waals surface area contributed by atoms with Crippen LogP contribution in [0.2, 0.25) is 10.0 Å². The SMILES string of the molecule is C[C@H](c1c(Cl)ccc(F)c1Cl)N1CCCc2nnc(-c3ccc(N4CCC(N(C)C)CC4)cc3)cc21. The van der Waals surface area contributed by atoms with Crippen LogP contribution in [0.5, 0.6) is 0 Å². The van der Waals surface area contributed by atoms with Crippen LogP contribution in [0.4, 0.5) is 15.8 Å². The number of fused-ring (bicyclic) bond motifs is 1. The molecule has 5 nitrogen and oxygen atoms in total. The van der Waals surface area contributed by atoms with E-state index in [1.165, 1.54) is 24.6 Å². The molecule has 190 valence electrons. The number of hydrogen-bond donors (Lipinski definition) is 0. The summed E-state index contributed by atoms with van der Waals surface area (Å²) in [6.07, 6.45) is 4.16. The highest BCUT2D eigenvalue weighted by Crippen LogP contribution is 2.40. The first kappa shape index (κ1) is 25.2. The average molecular weight is 529 g/mol. The van der Waals surface area contributed by atoms with Crippen molar-refractivity contribution >= 4 is 34.6 Å². The fraction of sp³-hybridized carbons (Fsp3) is 0.429. The third-order valence-electron chi connectivity index (χ3n) is 7.66. The molecule has 1 atom stereocenters. The predicted octanol–water partition coefficient (Wildman–Crippen LogP) is 6.63. The van der Waals surface area contributed by atoms with Crippen molar-refractivity contribution in [2.45, 2.75) is 44.7 Å². The minimum absolute atomic E-state index is 0.0783. The predicted molar refractivity (Wildman–Crippen MR) is 147 cm³/mol. The quantitative estimate of drug-likeness (QED) is 0.347. The second-order valence-electron chi connectivity index (χ2n) is 10.0. The van der Waals surface area contributed by atoms with Crippen LogP contribution in [-0.2, 0) is 6.42 Å². The maximum absolute atomic E-state index is 14.3. The summed E-state index contributed by atoms with van der Waals surface area (Å²) in [4.78, 5) is 7.00. The Bertz CT molecular complexity index is 1230. The Morgan fingerprint density at radius 3 is 2.42 bits per heavy atom. The van der Waals surface area contributed by atoms with E-state index < -0.39 is 5.82 Å². The lowest BCUT2D eigenvalue weighted by Gasteiger charge is -2.37. The van der Waals surface area contributed by atoms with E-state index in [0.717, 1.165) is 55.1 Å². The van der Waals surface area contributed by atoms with Crippen molar-refractivity contribution in [3.05, 3.63) is 69.6 Å². The molecule has 2 aliphatic rings. The molecule has 1 saturated heterocycles. The largest absolute Gasteiger partial charge is 0.371 e. The van der Waals surface area contributed by atoms with Crippen molar-refractivity contribution in [3.63, 3.8) is 0 Å². The van der Waals surface area contributed by atoms with E-state index in [2.05, 4.69) is 69.3 Å². The van der Waals surface area contributed by atoms with Gasteiger partial charge in [0.05, 0.1) is 28.1 Å². The number of aromatic nitrogens is 2. The van der Waals surface area contributed by atoms with E-state index in [4.69, 9.17) is 23.2 Å². The van der Waals surface area contributed by atoms with Gasteiger partial charge in [-0.2, -0.15) is 10.2 Å². The Morgan fingerprint density at radius 2 is 1.72 bits per heavy atom. The highest BCUT2D eigenvalue weighted by Gasteiger charge is 2.28. The highest BCUT2D eigenvalue weighted by atomic mass is 35.5. The summed E-state index contributed by atoms with van der Waals surface area (Å²) in [5.41, 5.74) is 5.64. The molecular formula is C28H32Cl2FN5. The van der Waals surface area contributed by atoms with Gasteiger partial charge in [-0.3, -0.25) is 0 Å². The monoisotopic (exact) mass is 527 g/mol. The standard InChI is InChI=1S/C28H32Cl2FN5/c1-18(27-22(29)10-11-23(31)28(27)30)36-14-4-5-24-26(36)17-25(33-32-24)19-6-8-21(9-7-19)35-15-12-20(13-16-35)34(2)3/h6-11,17-18,20H,4-5,12-16H2,1-3H3/t18-/m1/s1. The van der Waals surface area contributed by atoms with Gasteiger partial charge in [-0.15, -0.1) is 0 Å². The third kappa shape index (κ3) is 4.91. The Hall–Kier alpha value is -2.41. The van der Waals surface area contributed by atoms with Gasteiger partial charge in [0.1, 0.15) is 5.82 Å². The highest BCUT2D eigenvalue weighted by molar-refractivity contribution is 6.36. The van der Waals surface area contributed by atoms with E-state index in [0.29, 0.717) is 16.6 Å². The molecule has 3 heterocycles. The fourth-order valence-electron chi connectivity index (χ4n) is 5.48. The van der Waals surface area contributed by atoms with Crippen LogP contribution in [0, 0.1) is 5.82 Å². The number of halogens is 3. The Morgan fingerprint density at radius 1 is 1.00 bits per heavy atom. The molecule has 0 amide bonds. The van der Waals surface area contributed by atoms with E-state index >= 15 is 0 Å². The number of piperidine rings is 1. The van der Waals surface area contributed by atoms with Gasteiger partial charge in [-0.05, 0) is 77.0 Å². The molecule has 1 aromatic heterocycles. The first-order valence-electron chi connectivity index (χ1n) is 12.6. The molecule has 0 unspecified atom stereocenters. The van der Waals surface area contributed by atoms with Crippen molar-refractivity contribution in [1.82, 2.24) is 15.1 Å². The molecule has 1 fully saturated rings. The van der Waals surface area contributed by atoms with Crippen LogP contribution >= 0.6 is 23.2 Å². The first-order chi connectivity index (χ1) is 17.3. The zero-order chi connectivity index (χ0) is 25.4. The van der Waals surface area contributed by atoms with Crippen molar-refractivity contribution in [2.75, 3.05) is 43.5 Å². The molecule has 0 N–H and O–H groups in total. The number of anilines is 2. The lowest BCUT2D eigenvalue weighted by Crippen LogP contribution is -2.41. The number of benzene rings is 2. The van der Waals surface area contributed by atoms with Crippen LogP contribution in [0.1, 0.15) is 43.5 Å². The van der Waals surface area contributed by atoms with Crippen molar-refractivity contribution in [3.8, 4) is 11.3 Å². The molecule has 3 aromatic rings. The van der Waals surface area contributed by atoms with Crippen LogP contribution in [-0.4, -0.2) is 54.9 Å². The van der Waals surface area contributed by atoms with Gasteiger partial charge in [-0.25, -0.2) is 4.39 Å². The number of hydrogen-bond acceptors (Lipinski definition) is 5. The minimum atomic E-state index is -0.459.